The summed E-state index contributed by atoms with van der Waals surface area (Å²) in [7, 11) is 1.30. The fraction of sp³-hybridized carbons (Fsp3) is 0.0769. The number of nitrogens with zero attached hydrogens (tertiary/aromatic N) is 2. The van der Waals surface area contributed by atoms with E-state index in [0.29, 0.717) is 10.6 Å². The van der Waals surface area contributed by atoms with E-state index >= 15 is 0 Å². The first-order valence-corrected chi connectivity index (χ1v) is 6.79. The first-order chi connectivity index (χ1) is 10.2. The normalized spacial score (nSPS) is 10.5. The van der Waals surface area contributed by atoms with E-state index in [1.807, 2.05) is 24.3 Å². The third-order valence-corrected chi connectivity index (χ3v) is 4.00. The predicted molar refractivity (Wildman–Crippen MR) is 77.5 cm³/mol. The topological polar surface area (TPSA) is 97.0 Å². The fourth-order valence-electron chi connectivity index (χ4n) is 1.89. The van der Waals surface area contributed by atoms with E-state index in [1.54, 1.807) is 0 Å². The molecule has 0 aliphatic carbocycles. The van der Waals surface area contributed by atoms with Gasteiger partial charge in [-0.2, -0.15) is 15.4 Å². The van der Waals surface area contributed by atoms with Crippen LogP contribution in [0.15, 0.2) is 30.5 Å². The Morgan fingerprint density at radius 1 is 1.33 bits per heavy atom. The fourth-order valence-corrected chi connectivity index (χ4v) is 2.97. The SMILES string of the molecule is COC(=O)c1sc2ccccc2c1NC(=O)c1cn[nH]n1. The zero-order valence-corrected chi connectivity index (χ0v) is 11.7. The molecule has 1 amide bonds. The van der Waals surface area contributed by atoms with Gasteiger partial charge in [0.15, 0.2) is 5.69 Å². The van der Waals surface area contributed by atoms with Crippen LogP contribution in [0.4, 0.5) is 5.69 Å². The third kappa shape index (κ3) is 2.36. The van der Waals surface area contributed by atoms with Crippen LogP contribution in [0.2, 0.25) is 0 Å². The summed E-state index contributed by atoms with van der Waals surface area (Å²) in [6.07, 6.45) is 1.31. The number of esters is 1. The maximum Gasteiger partial charge on any atom is 0.350 e. The number of hydrogen-bond donors (Lipinski definition) is 2. The number of ether oxygens (including phenoxy) is 1. The highest BCUT2D eigenvalue weighted by Crippen LogP contribution is 2.36. The molecule has 0 saturated heterocycles. The number of rotatable bonds is 3. The number of aromatic nitrogens is 3. The quantitative estimate of drug-likeness (QED) is 0.722. The van der Waals surface area contributed by atoms with Crippen molar-refractivity contribution in [2.24, 2.45) is 0 Å². The van der Waals surface area contributed by atoms with Crippen molar-refractivity contribution in [1.82, 2.24) is 15.4 Å². The number of methoxy groups -OCH3 is 1. The van der Waals surface area contributed by atoms with Crippen LogP contribution in [-0.4, -0.2) is 34.4 Å². The van der Waals surface area contributed by atoms with E-state index in [0.717, 1.165) is 10.1 Å². The third-order valence-electron chi connectivity index (χ3n) is 2.85. The molecule has 3 rings (SSSR count). The van der Waals surface area contributed by atoms with Gasteiger partial charge < -0.3 is 10.1 Å². The zero-order valence-electron chi connectivity index (χ0n) is 10.9. The van der Waals surface area contributed by atoms with Crippen LogP contribution in [0.25, 0.3) is 10.1 Å². The lowest BCUT2D eigenvalue weighted by molar-refractivity contribution is 0.0607. The van der Waals surface area contributed by atoms with Crippen LogP contribution in [0.1, 0.15) is 20.2 Å². The Morgan fingerprint density at radius 2 is 2.14 bits per heavy atom. The highest BCUT2D eigenvalue weighted by molar-refractivity contribution is 7.21. The number of nitrogens with one attached hydrogen (secondary N) is 2. The Bertz CT molecular complexity index is 810. The summed E-state index contributed by atoms with van der Waals surface area (Å²) in [5.74, 6) is -0.941. The van der Waals surface area contributed by atoms with Crippen LogP contribution in [0, 0.1) is 0 Å². The molecule has 0 aliphatic rings. The van der Waals surface area contributed by atoms with Gasteiger partial charge in [-0.05, 0) is 6.07 Å². The molecule has 21 heavy (non-hydrogen) atoms. The van der Waals surface area contributed by atoms with Gasteiger partial charge in [-0.25, -0.2) is 4.79 Å². The van der Waals surface area contributed by atoms with Gasteiger partial charge in [-0.1, -0.05) is 18.2 Å². The number of fused-ring (bicyclic) bond motifs is 1. The van der Waals surface area contributed by atoms with Gasteiger partial charge in [0.25, 0.3) is 5.91 Å². The van der Waals surface area contributed by atoms with Gasteiger partial charge in [-0.3, -0.25) is 4.79 Å². The molecule has 0 atom stereocenters. The number of carbonyl (C=O) groups excluding carboxylic acids is 2. The van der Waals surface area contributed by atoms with Crippen molar-refractivity contribution >= 4 is 39.0 Å². The lowest BCUT2D eigenvalue weighted by Crippen LogP contribution is -2.14. The highest BCUT2D eigenvalue weighted by Gasteiger charge is 2.21. The van der Waals surface area contributed by atoms with Crippen molar-refractivity contribution in [3.63, 3.8) is 0 Å². The van der Waals surface area contributed by atoms with Crippen LogP contribution in [0.3, 0.4) is 0 Å². The molecule has 0 radical (unpaired) electrons. The minimum atomic E-state index is -0.494. The molecular formula is C13H10N4O3S. The van der Waals surface area contributed by atoms with Crippen LogP contribution in [-0.2, 0) is 4.74 Å². The number of carbonyl (C=O) groups is 2. The Kier molecular flexibility index (Phi) is 3.36. The number of H-pyrrole nitrogens is 1. The molecule has 0 aliphatic heterocycles. The molecule has 7 nitrogen and oxygen atoms in total. The molecule has 2 heterocycles. The van der Waals surface area contributed by atoms with Gasteiger partial charge in [0.05, 0.1) is 19.0 Å². The molecule has 8 heteroatoms. The van der Waals surface area contributed by atoms with E-state index in [2.05, 4.69) is 20.7 Å². The van der Waals surface area contributed by atoms with Crippen LogP contribution in [0.5, 0.6) is 0 Å². The van der Waals surface area contributed by atoms with Crippen molar-refractivity contribution in [3.8, 4) is 0 Å². The molecule has 1 aromatic carbocycles. The largest absolute Gasteiger partial charge is 0.465 e. The minimum absolute atomic E-state index is 0.140. The lowest BCUT2D eigenvalue weighted by atomic mass is 10.2. The number of anilines is 1. The van der Waals surface area contributed by atoms with Crippen molar-refractivity contribution < 1.29 is 14.3 Å². The molecule has 0 unspecified atom stereocenters. The molecule has 3 aromatic rings. The summed E-state index contributed by atoms with van der Waals surface area (Å²) in [6.45, 7) is 0. The van der Waals surface area contributed by atoms with E-state index < -0.39 is 11.9 Å². The summed E-state index contributed by atoms with van der Waals surface area (Å²) < 4.78 is 5.65. The van der Waals surface area contributed by atoms with E-state index in [4.69, 9.17) is 4.74 Å². The minimum Gasteiger partial charge on any atom is -0.465 e. The van der Waals surface area contributed by atoms with Crippen LogP contribution < -0.4 is 5.32 Å². The lowest BCUT2D eigenvalue weighted by Gasteiger charge is -2.04. The molecule has 2 N–H and O–H groups in total. The first kappa shape index (κ1) is 13.3. The number of thiophene rings is 1. The van der Waals surface area contributed by atoms with Gasteiger partial charge in [0.2, 0.25) is 0 Å². The standard InChI is InChI=1S/C13H10N4O3S/c1-20-13(19)11-10(7-4-2-3-5-9(7)21-11)15-12(18)8-6-14-17-16-8/h2-6H,1H3,(H,15,18)(H,14,16,17). The smallest absolute Gasteiger partial charge is 0.350 e. The van der Waals surface area contributed by atoms with E-state index in [-0.39, 0.29) is 5.69 Å². The molecule has 0 bridgehead atoms. The molecule has 0 fully saturated rings. The predicted octanol–water partition coefficient (Wildman–Crippen LogP) is 2.06. The Labute approximate surface area is 122 Å². The molecule has 0 spiro atoms. The summed E-state index contributed by atoms with van der Waals surface area (Å²) in [5, 5.41) is 13.1. The molecule has 106 valence electrons. The number of amides is 1. The molecule has 2 aromatic heterocycles. The Balaban J connectivity index is 2.07. The second-order valence-electron chi connectivity index (χ2n) is 4.10. The molecular weight excluding hydrogens is 292 g/mol. The van der Waals surface area contributed by atoms with E-state index in [1.165, 1.54) is 24.6 Å². The van der Waals surface area contributed by atoms with E-state index in [9.17, 15) is 9.59 Å². The summed E-state index contributed by atoms with van der Waals surface area (Å²) in [5.41, 5.74) is 0.566. The monoisotopic (exact) mass is 302 g/mol. The number of hydrogen-bond acceptors (Lipinski definition) is 6. The number of aromatic amines is 1. The van der Waals surface area contributed by atoms with Gasteiger partial charge in [0.1, 0.15) is 4.88 Å². The second-order valence-corrected chi connectivity index (χ2v) is 5.16. The van der Waals surface area contributed by atoms with Crippen molar-refractivity contribution in [1.29, 1.82) is 0 Å². The highest BCUT2D eigenvalue weighted by atomic mass is 32.1. The van der Waals surface area contributed by atoms with Crippen molar-refractivity contribution in [2.45, 2.75) is 0 Å². The van der Waals surface area contributed by atoms with Crippen molar-refractivity contribution in [2.75, 3.05) is 12.4 Å². The Morgan fingerprint density at radius 3 is 2.86 bits per heavy atom. The summed E-state index contributed by atoms with van der Waals surface area (Å²) in [4.78, 5) is 24.3. The van der Waals surface area contributed by atoms with Gasteiger partial charge in [-0.15, -0.1) is 11.3 Å². The number of benzene rings is 1. The molecule has 0 saturated carbocycles. The van der Waals surface area contributed by atoms with Gasteiger partial charge >= 0.3 is 5.97 Å². The second kappa shape index (κ2) is 5.33. The van der Waals surface area contributed by atoms with Gasteiger partial charge in [0, 0.05) is 10.1 Å². The maximum atomic E-state index is 12.1. The maximum absolute atomic E-state index is 12.1. The summed E-state index contributed by atoms with van der Waals surface area (Å²) >= 11 is 1.26. The van der Waals surface area contributed by atoms with Crippen LogP contribution >= 0.6 is 11.3 Å². The average Bonchev–Trinajstić information content (AvgIpc) is 3.15. The Hall–Kier alpha value is -2.74. The average molecular weight is 302 g/mol. The van der Waals surface area contributed by atoms with Crippen molar-refractivity contribution in [3.05, 3.63) is 41.0 Å². The summed E-state index contributed by atoms with van der Waals surface area (Å²) in [6, 6.07) is 7.40. The first-order valence-electron chi connectivity index (χ1n) is 5.97. The zero-order chi connectivity index (χ0) is 14.8.